The maximum absolute atomic E-state index is 12.1. The zero-order valence-electron chi connectivity index (χ0n) is 17.1. The van der Waals surface area contributed by atoms with Crippen molar-refractivity contribution in [2.45, 2.75) is 39.2 Å². The van der Waals surface area contributed by atoms with Crippen LogP contribution in [0.4, 0.5) is 0 Å². The zero-order valence-corrected chi connectivity index (χ0v) is 17.1. The average molecular weight is 392 g/mol. The summed E-state index contributed by atoms with van der Waals surface area (Å²) in [4.78, 5) is 14.6. The highest BCUT2D eigenvalue weighted by molar-refractivity contribution is 5.89. The molecule has 1 N–H and O–H groups in total. The number of likely N-dealkylation sites (tertiary alicyclic amines) is 1. The van der Waals surface area contributed by atoms with Gasteiger partial charge in [0, 0.05) is 18.5 Å². The standard InChI is InChI=1S/C24H29N3O2/c1-2-11-29-24(28)21-7-3-5-20(14-21)17-27-10-4-6-19(16-27)12-18-8-9-23-22(13-18)15-25-26-23/h3,5,7-9,13-15,19H,2,4,6,10-12,16-17H2,1H3,(H,25,26). The smallest absolute Gasteiger partial charge is 0.338 e. The van der Waals surface area contributed by atoms with Gasteiger partial charge in [-0.2, -0.15) is 5.10 Å². The maximum atomic E-state index is 12.1. The Morgan fingerprint density at radius 3 is 3.07 bits per heavy atom. The quantitative estimate of drug-likeness (QED) is 0.599. The van der Waals surface area contributed by atoms with Crippen LogP contribution in [0, 0.1) is 5.92 Å². The maximum Gasteiger partial charge on any atom is 0.338 e. The van der Waals surface area contributed by atoms with E-state index >= 15 is 0 Å². The number of esters is 1. The van der Waals surface area contributed by atoms with Crippen LogP contribution in [0.5, 0.6) is 0 Å². The van der Waals surface area contributed by atoms with Gasteiger partial charge in [-0.05, 0) is 73.5 Å². The largest absolute Gasteiger partial charge is 0.462 e. The van der Waals surface area contributed by atoms with Gasteiger partial charge in [-0.25, -0.2) is 4.79 Å². The molecule has 1 aliphatic heterocycles. The molecule has 29 heavy (non-hydrogen) atoms. The number of ether oxygens (including phenoxy) is 1. The van der Waals surface area contributed by atoms with Gasteiger partial charge in [0.15, 0.2) is 0 Å². The highest BCUT2D eigenvalue weighted by Crippen LogP contribution is 2.24. The Labute approximate surface area is 172 Å². The van der Waals surface area contributed by atoms with Crippen LogP contribution >= 0.6 is 0 Å². The van der Waals surface area contributed by atoms with Crippen LogP contribution < -0.4 is 0 Å². The lowest BCUT2D eigenvalue weighted by molar-refractivity contribution is 0.0505. The van der Waals surface area contributed by atoms with Crippen LogP contribution in [-0.4, -0.2) is 40.8 Å². The Balaban J connectivity index is 1.36. The van der Waals surface area contributed by atoms with E-state index in [1.54, 1.807) is 0 Å². The summed E-state index contributed by atoms with van der Waals surface area (Å²) in [5.74, 6) is 0.436. The van der Waals surface area contributed by atoms with Crippen molar-refractivity contribution in [1.82, 2.24) is 15.1 Å². The molecule has 1 atom stereocenters. The fourth-order valence-electron chi connectivity index (χ4n) is 4.25. The molecular weight excluding hydrogens is 362 g/mol. The number of nitrogens with one attached hydrogen (secondary N) is 1. The summed E-state index contributed by atoms with van der Waals surface area (Å²) >= 11 is 0. The van der Waals surface area contributed by atoms with Crippen LogP contribution in [-0.2, 0) is 17.7 Å². The third kappa shape index (κ3) is 5.04. The first kappa shape index (κ1) is 19.6. The Morgan fingerprint density at radius 1 is 1.24 bits per heavy atom. The number of carbonyl (C=O) groups excluding carboxylic acids is 1. The van der Waals surface area contributed by atoms with Crippen molar-refractivity contribution in [2.24, 2.45) is 5.92 Å². The van der Waals surface area contributed by atoms with E-state index in [1.807, 2.05) is 31.3 Å². The lowest BCUT2D eigenvalue weighted by Crippen LogP contribution is -2.35. The van der Waals surface area contributed by atoms with E-state index in [0.29, 0.717) is 18.1 Å². The van der Waals surface area contributed by atoms with Crippen molar-refractivity contribution in [1.29, 1.82) is 0 Å². The average Bonchev–Trinajstić information content (AvgIpc) is 3.20. The number of benzene rings is 2. The van der Waals surface area contributed by atoms with Gasteiger partial charge in [0.2, 0.25) is 0 Å². The summed E-state index contributed by atoms with van der Waals surface area (Å²) in [6.45, 7) is 5.56. The van der Waals surface area contributed by atoms with Crippen molar-refractivity contribution >= 4 is 16.9 Å². The van der Waals surface area contributed by atoms with Gasteiger partial charge in [-0.15, -0.1) is 0 Å². The summed E-state index contributed by atoms with van der Waals surface area (Å²) in [5.41, 5.74) is 4.30. The highest BCUT2D eigenvalue weighted by atomic mass is 16.5. The summed E-state index contributed by atoms with van der Waals surface area (Å²) in [6, 6.07) is 14.5. The van der Waals surface area contributed by atoms with Gasteiger partial charge in [0.25, 0.3) is 0 Å². The minimum absolute atomic E-state index is 0.222. The van der Waals surface area contributed by atoms with Crippen LogP contribution in [0.25, 0.3) is 10.9 Å². The van der Waals surface area contributed by atoms with Gasteiger partial charge >= 0.3 is 5.97 Å². The number of piperidine rings is 1. The van der Waals surface area contributed by atoms with Crippen LogP contribution in [0.1, 0.15) is 47.7 Å². The minimum atomic E-state index is -0.222. The third-order valence-corrected chi connectivity index (χ3v) is 5.64. The summed E-state index contributed by atoms with van der Waals surface area (Å²) in [7, 11) is 0. The molecular formula is C24H29N3O2. The second kappa shape index (κ2) is 9.23. The topological polar surface area (TPSA) is 58.2 Å². The number of H-pyrrole nitrogens is 1. The molecule has 1 aliphatic rings. The van der Waals surface area contributed by atoms with Gasteiger partial charge in [0.1, 0.15) is 0 Å². The van der Waals surface area contributed by atoms with Crippen molar-refractivity contribution in [3.63, 3.8) is 0 Å². The van der Waals surface area contributed by atoms with Gasteiger partial charge in [0.05, 0.1) is 23.9 Å². The molecule has 0 bridgehead atoms. The van der Waals surface area contributed by atoms with Gasteiger partial charge in [-0.3, -0.25) is 10.00 Å². The third-order valence-electron chi connectivity index (χ3n) is 5.64. The summed E-state index contributed by atoms with van der Waals surface area (Å²) in [6.07, 6.45) is 6.32. The predicted molar refractivity (Wildman–Crippen MR) is 115 cm³/mol. The Kier molecular flexibility index (Phi) is 6.25. The normalized spacial score (nSPS) is 17.5. The molecule has 2 aromatic carbocycles. The van der Waals surface area contributed by atoms with Gasteiger partial charge < -0.3 is 4.74 Å². The molecule has 3 aromatic rings. The monoisotopic (exact) mass is 391 g/mol. The Bertz CT molecular complexity index is 965. The van der Waals surface area contributed by atoms with E-state index in [1.165, 1.54) is 29.4 Å². The zero-order chi connectivity index (χ0) is 20.1. The van der Waals surface area contributed by atoms with E-state index < -0.39 is 0 Å². The fourth-order valence-corrected chi connectivity index (χ4v) is 4.25. The van der Waals surface area contributed by atoms with Crippen LogP contribution in [0.15, 0.2) is 48.7 Å². The molecule has 1 saturated heterocycles. The second-order valence-corrected chi connectivity index (χ2v) is 8.08. The Morgan fingerprint density at radius 2 is 2.17 bits per heavy atom. The fraction of sp³-hybridized carbons (Fsp3) is 0.417. The molecule has 0 aliphatic carbocycles. The second-order valence-electron chi connectivity index (χ2n) is 8.08. The first-order valence-corrected chi connectivity index (χ1v) is 10.6. The number of hydrogen-bond donors (Lipinski definition) is 1. The SMILES string of the molecule is CCCOC(=O)c1cccc(CN2CCCC(Cc3ccc4[nH]ncc4c3)C2)c1. The molecule has 0 saturated carbocycles. The predicted octanol–water partition coefficient (Wildman–Crippen LogP) is 4.58. The minimum Gasteiger partial charge on any atom is -0.462 e. The van der Waals surface area contributed by atoms with E-state index in [-0.39, 0.29) is 5.97 Å². The number of rotatable bonds is 7. The molecule has 1 aromatic heterocycles. The lowest BCUT2D eigenvalue weighted by Gasteiger charge is -2.33. The van der Waals surface area contributed by atoms with E-state index in [4.69, 9.17) is 4.74 Å². The first-order chi connectivity index (χ1) is 14.2. The van der Waals surface area contributed by atoms with Crippen LogP contribution in [0.2, 0.25) is 0 Å². The Hall–Kier alpha value is -2.66. The van der Waals surface area contributed by atoms with E-state index in [9.17, 15) is 4.79 Å². The van der Waals surface area contributed by atoms with Gasteiger partial charge in [-0.1, -0.05) is 25.1 Å². The molecule has 1 unspecified atom stereocenters. The first-order valence-electron chi connectivity index (χ1n) is 10.6. The number of aromatic nitrogens is 2. The highest BCUT2D eigenvalue weighted by Gasteiger charge is 2.21. The summed E-state index contributed by atoms with van der Waals surface area (Å²) < 4.78 is 5.27. The number of carbonyl (C=O) groups is 1. The number of hydrogen-bond acceptors (Lipinski definition) is 4. The van der Waals surface area contributed by atoms with Crippen molar-refractivity contribution in [2.75, 3.05) is 19.7 Å². The van der Waals surface area contributed by atoms with E-state index in [0.717, 1.165) is 38.0 Å². The number of aromatic amines is 1. The van der Waals surface area contributed by atoms with Crippen molar-refractivity contribution in [3.05, 3.63) is 65.4 Å². The van der Waals surface area contributed by atoms with Crippen molar-refractivity contribution < 1.29 is 9.53 Å². The van der Waals surface area contributed by atoms with E-state index in [2.05, 4.69) is 39.4 Å². The number of fused-ring (bicyclic) bond motifs is 1. The molecule has 1 fully saturated rings. The number of nitrogens with zero attached hydrogens (tertiary/aromatic N) is 2. The lowest BCUT2D eigenvalue weighted by atomic mass is 9.90. The van der Waals surface area contributed by atoms with Crippen molar-refractivity contribution in [3.8, 4) is 0 Å². The molecule has 2 heterocycles. The molecule has 5 heteroatoms. The molecule has 0 amide bonds. The summed E-state index contributed by atoms with van der Waals surface area (Å²) in [5, 5.41) is 8.32. The molecule has 5 nitrogen and oxygen atoms in total. The molecule has 152 valence electrons. The van der Waals surface area contributed by atoms with Crippen LogP contribution in [0.3, 0.4) is 0 Å². The molecule has 0 radical (unpaired) electrons. The molecule has 0 spiro atoms. The molecule has 4 rings (SSSR count).